The van der Waals surface area contributed by atoms with Gasteiger partial charge < -0.3 is 10.2 Å². The van der Waals surface area contributed by atoms with Gasteiger partial charge in [0.2, 0.25) is 11.8 Å². The Morgan fingerprint density at radius 2 is 1.56 bits per heavy atom. The molecule has 0 aromatic heterocycles. The average molecular weight is 595 g/mol. The first kappa shape index (κ1) is 30.4. The number of nitrogens with one attached hydrogen (secondary N) is 1. The van der Waals surface area contributed by atoms with Crippen LogP contribution in [0, 0.1) is 11.7 Å². The highest BCUT2D eigenvalue weighted by Crippen LogP contribution is 2.26. The van der Waals surface area contributed by atoms with Crippen LogP contribution in [0.2, 0.25) is 10.0 Å². The van der Waals surface area contributed by atoms with Crippen LogP contribution < -0.4 is 9.62 Å². The lowest BCUT2D eigenvalue weighted by molar-refractivity contribution is -0.139. The van der Waals surface area contributed by atoms with Gasteiger partial charge in [0.05, 0.1) is 20.6 Å². The van der Waals surface area contributed by atoms with Gasteiger partial charge in [0.1, 0.15) is 18.4 Å². The Morgan fingerprint density at radius 3 is 2.15 bits per heavy atom. The molecule has 0 spiro atoms. The number of halogens is 3. The Labute approximate surface area is 238 Å². The molecule has 1 unspecified atom stereocenters. The molecule has 39 heavy (non-hydrogen) atoms. The smallest absolute Gasteiger partial charge is 0.264 e. The van der Waals surface area contributed by atoms with Gasteiger partial charge in [-0.3, -0.25) is 13.9 Å². The fourth-order valence-corrected chi connectivity index (χ4v) is 5.48. The summed E-state index contributed by atoms with van der Waals surface area (Å²) in [6, 6.07) is 16.3. The van der Waals surface area contributed by atoms with E-state index in [4.69, 9.17) is 23.2 Å². The first-order chi connectivity index (χ1) is 18.4. The Bertz CT molecular complexity index is 1400. The van der Waals surface area contributed by atoms with Gasteiger partial charge in [-0.15, -0.1) is 0 Å². The van der Waals surface area contributed by atoms with Gasteiger partial charge >= 0.3 is 0 Å². The molecule has 1 N–H and O–H groups in total. The van der Waals surface area contributed by atoms with E-state index >= 15 is 0 Å². The molecule has 208 valence electrons. The molecule has 0 saturated heterocycles. The molecule has 3 aromatic carbocycles. The molecule has 0 aliphatic carbocycles. The van der Waals surface area contributed by atoms with Gasteiger partial charge in [-0.25, -0.2) is 12.8 Å². The van der Waals surface area contributed by atoms with Crippen LogP contribution >= 0.6 is 23.2 Å². The van der Waals surface area contributed by atoms with Crippen LogP contribution in [0.25, 0.3) is 0 Å². The number of rotatable bonds is 11. The van der Waals surface area contributed by atoms with Crippen LogP contribution in [0.15, 0.2) is 77.7 Å². The molecule has 0 fully saturated rings. The van der Waals surface area contributed by atoms with Crippen molar-refractivity contribution in [3.8, 4) is 0 Å². The number of sulfonamides is 1. The normalized spacial score (nSPS) is 12.2. The molecule has 3 aromatic rings. The Hall–Kier alpha value is -3.14. The van der Waals surface area contributed by atoms with Crippen molar-refractivity contribution < 1.29 is 22.4 Å². The quantitative estimate of drug-likeness (QED) is 0.317. The van der Waals surface area contributed by atoms with Crippen molar-refractivity contribution in [3.63, 3.8) is 0 Å². The highest BCUT2D eigenvalue weighted by molar-refractivity contribution is 7.92. The van der Waals surface area contributed by atoms with E-state index in [9.17, 15) is 22.4 Å². The van der Waals surface area contributed by atoms with Crippen molar-refractivity contribution in [1.82, 2.24) is 10.2 Å². The molecule has 3 rings (SSSR count). The van der Waals surface area contributed by atoms with Crippen LogP contribution in [0.1, 0.15) is 26.3 Å². The summed E-state index contributed by atoms with van der Waals surface area (Å²) in [4.78, 5) is 28.1. The van der Waals surface area contributed by atoms with Crippen molar-refractivity contribution in [2.45, 2.75) is 38.3 Å². The lowest BCUT2D eigenvalue weighted by atomic mass is 10.1. The first-order valence-corrected chi connectivity index (χ1v) is 14.4. The lowest BCUT2D eigenvalue weighted by Gasteiger charge is -2.32. The second kappa shape index (κ2) is 13.3. The molecule has 11 heteroatoms. The molecule has 0 heterocycles. The van der Waals surface area contributed by atoms with E-state index in [1.807, 2.05) is 13.8 Å². The van der Waals surface area contributed by atoms with E-state index in [1.54, 1.807) is 43.3 Å². The number of anilines is 1. The zero-order valence-corrected chi connectivity index (χ0v) is 24.1. The molecule has 7 nitrogen and oxygen atoms in total. The maximum Gasteiger partial charge on any atom is 0.264 e. The van der Waals surface area contributed by atoms with E-state index in [2.05, 4.69) is 5.32 Å². The van der Waals surface area contributed by atoms with E-state index in [0.29, 0.717) is 17.1 Å². The number of carbonyl (C=O) groups is 2. The minimum atomic E-state index is -4.22. The molecule has 1 atom stereocenters. The number of carbonyl (C=O) groups excluding carboxylic acids is 2. The molecular formula is C28H30Cl2FN3O4S. The zero-order chi connectivity index (χ0) is 28.7. The number of hydrogen-bond donors (Lipinski definition) is 1. The minimum Gasteiger partial charge on any atom is -0.354 e. The first-order valence-electron chi connectivity index (χ1n) is 12.2. The van der Waals surface area contributed by atoms with E-state index in [1.165, 1.54) is 29.2 Å². The second-order valence-corrected chi connectivity index (χ2v) is 12.1. The largest absolute Gasteiger partial charge is 0.354 e. The van der Waals surface area contributed by atoms with Crippen LogP contribution in [0.4, 0.5) is 10.1 Å². The summed E-state index contributed by atoms with van der Waals surface area (Å²) in [6.07, 6.45) is 0. The molecule has 0 radical (unpaired) electrons. The van der Waals surface area contributed by atoms with Crippen molar-refractivity contribution in [3.05, 3.63) is 94.2 Å². The highest BCUT2D eigenvalue weighted by atomic mass is 35.5. The maximum atomic E-state index is 13.8. The van der Waals surface area contributed by atoms with E-state index in [0.717, 1.165) is 16.4 Å². The number of nitrogens with zero attached hydrogens (tertiary/aromatic N) is 2. The Kier molecular flexibility index (Phi) is 10.4. The zero-order valence-electron chi connectivity index (χ0n) is 21.8. The summed E-state index contributed by atoms with van der Waals surface area (Å²) in [6.45, 7) is 5.19. The predicted molar refractivity (Wildman–Crippen MR) is 152 cm³/mol. The maximum absolute atomic E-state index is 13.8. The highest BCUT2D eigenvalue weighted by Gasteiger charge is 2.32. The third-order valence-corrected chi connectivity index (χ3v) is 8.44. The summed E-state index contributed by atoms with van der Waals surface area (Å²) in [5, 5.41) is 3.42. The van der Waals surface area contributed by atoms with Gasteiger partial charge in [0.25, 0.3) is 10.0 Å². The van der Waals surface area contributed by atoms with Crippen molar-refractivity contribution in [1.29, 1.82) is 0 Å². The third-order valence-electron chi connectivity index (χ3n) is 5.91. The van der Waals surface area contributed by atoms with Crippen LogP contribution in [-0.4, -0.2) is 44.3 Å². The van der Waals surface area contributed by atoms with Crippen molar-refractivity contribution in [2.75, 3.05) is 17.4 Å². The second-order valence-electron chi connectivity index (χ2n) is 9.39. The van der Waals surface area contributed by atoms with Crippen molar-refractivity contribution in [2.24, 2.45) is 5.92 Å². The molecular weight excluding hydrogens is 564 g/mol. The predicted octanol–water partition coefficient (Wildman–Crippen LogP) is 5.52. The fourth-order valence-electron chi connectivity index (χ4n) is 3.73. The van der Waals surface area contributed by atoms with Gasteiger partial charge in [-0.05, 0) is 66.9 Å². The van der Waals surface area contributed by atoms with Crippen LogP contribution in [-0.2, 0) is 26.2 Å². The van der Waals surface area contributed by atoms with Gasteiger partial charge in [-0.1, -0.05) is 61.3 Å². The van der Waals surface area contributed by atoms with Crippen molar-refractivity contribution >= 4 is 50.7 Å². The van der Waals surface area contributed by atoms with Gasteiger partial charge in [0.15, 0.2) is 0 Å². The Balaban J connectivity index is 2.01. The minimum absolute atomic E-state index is 0.0331. The standard InChI is InChI=1S/C28H30Cl2FN3O4S/c1-19(2)16-32-28(36)20(3)33(17-21-9-14-25(29)26(30)15-21)27(35)18-34(23-12-10-22(31)11-13-23)39(37,38)24-7-5-4-6-8-24/h4-15,19-20H,16-18H2,1-3H3,(H,32,36). The molecule has 0 aliphatic heterocycles. The van der Waals surface area contributed by atoms with E-state index < -0.39 is 40.2 Å². The average Bonchev–Trinajstić information content (AvgIpc) is 2.91. The van der Waals surface area contributed by atoms with Crippen LogP contribution in [0.3, 0.4) is 0 Å². The summed E-state index contributed by atoms with van der Waals surface area (Å²) >= 11 is 12.2. The van der Waals surface area contributed by atoms with Crippen LogP contribution in [0.5, 0.6) is 0 Å². The summed E-state index contributed by atoms with van der Waals surface area (Å²) in [7, 11) is -4.22. The lowest BCUT2D eigenvalue weighted by Crippen LogP contribution is -2.51. The molecule has 0 aliphatic rings. The van der Waals surface area contributed by atoms with E-state index in [-0.39, 0.29) is 28.1 Å². The number of benzene rings is 3. The third kappa shape index (κ3) is 7.94. The summed E-state index contributed by atoms with van der Waals surface area (Å²) < 4.78 is 41.9. The molecule has 2 amide bonds. The molecule has 0 bridgehead atoms. The topological polar surface area (TPSA) is 86.8 Å². The number of hydrogen-bond acceptors (Lipinski definition) is 4. The van der Waals surface area contributed by atoms with Gasteiger partial charge in [0, 0.05) is 13.1 Å². The summed E-state index contributed by atoms with van der Waals surface area (Å²) in [5.74, 6) is -1.40. The van der Waals surface area contributed by atoms with Gasteiger partial charge in [-0.2, -0.15) is 0 Å². The Morgan fingerprint density at radius 1 is 0.923 bits per heavy atom. The number of amides is 2. The molecule has 0 saturated carbocycles. The monoisotopic (exact) mass is 593 g/mol. The summed E-state index contributed by atoms with van der Waals surface area (Å²) in [5.41, 5.74) is 0.695. The fraction of sp³-hybridized carbons (Fsp3) is 0.286. The SMILES string of the molecule is CC(C)CNC(=O)C(C)N(Cc1ccc(Cl)c(Cl)c1)C(=O)CN(c1ccc(F)cc1)S(=O)(=O)c1ccccc1.